The lowest BCUT2D eigenvalue weighted by molar-refractivity contribution is 0.139. The van der Waals surface area contributed by atoms with Gasteiger partial charge in [-0.1, -0.05) is 0 Å². The average molecular weight is 501 g/mol. The molecule has 36 heavy (non-hydrogen) atoms. The Morgan fingerprint density at radius 2 is 1.75 bits per heavy atom. The molecular weight excluding hydrogens is 479 g/mol. The Hall–Kier alpha value is -4.23. The summed E-state index contributed by atoms with van der Waals surface area (Å²) in [6.45, 7) is 2.86. The summed E-state index contributed by atoms with van der Waals surface area (Å²) in [5.41, 5.74) is -0.213. The van der Waals surface area contributed by atoms with Gasteiger partial charge in [0.05, 0.1) is 12.2 Å². The summed E-state index contributed by atoms with van der Waals surface area (Å²) in [7, 11) is 1.52. The van der Waals surface area contributed by atoms with E-state index in [2.05, 4.69) is 20.2 Å². The van der Waals surface area contributed by atoms with Gasteiger partial charge in [-0.2, -0.15) is 14.8 Å². The minimum absolute atomic E-state index is 0.195. The van der Waals surface area contributed by atoms with E-state index in [0.29, 0.717) is 30.9 Å². The second-order valence-corrected chi connectivity index (χ2v) is 8.50. The third-order valence-electron chi connectivity index (χ3n) is 6.24. The molecule has 1 aromatic carbocycles. The largest absolute Gasteiger partial charge is 0.352 e. The third kappa shape index (κ3) is 4.18. The summed E-state index contributed by atoms with van der Waals surface area (Å²) in [6.07, 6.45) is 2.86. The van der Waals surface area contributed by atoms with Gasteiger partial charge in [-0.05, 0) is 24.6 Å². The molecule has 2 amide bonds. The van der Waals surface area contributed by atoms with E-state index in [1.807, 2.05) is 0 Å². The van der Waals surface area contributed by atoms with Gasteiger partial charge in [-0.15, -0.1) is 5.10 Å². The number of benzene rings is 1. The molecule has 4 heterocycles. The van der Waals surface area contributed by atoms with Gasteiger partial charge in [0.2, 0.25) is 5.95 Å². The molecule has 0 bridgehead atoms. The van der Waals surface area contributed by atoms with Crippen LogP contribution in [0.2, 0.25) is 0 Å². The first kappa shape index (κ1) is 23.5. The average Bonchev–Trinajstić information content (AvgIpc) is 3.45. The molecule has 14 heteroatoms. The molecule has 0 N–H and O–H groups in total. The molecule has 5 rings (SSSR count). The van der Waals surface area contributed by atoms with Gasteiger partial charge in [-0.3, -0.25) is 4.57 Å². The van der Waals surface area contributed by atoms with Crippen LogP contribution in [0.3, 0.4) is 0 Å². The molecule has 1 fully saturated rings. The van der Waals surface area contributed by atoms with Crippen LogP contribution >= 0.6 is 0 Å². The second-order valence-electron chi connectivity index (χ2n) is 8.50. The smallest absolute Gasteiger partial charge is 0.337 e. The first-order chi connectivity index (χ1) is 17.2. The van der Waals surface area contributed by atoms with Gasteiger partial charge in [0, 0.05) is 51.9 Å². The fourth-order valence-electron chi connectivity index (χ4n) is 4.21. The quantitative estimate of drug-likeness (QED) is 0.542. The van der Waals surface area contributed by atoms with Crippen molar-refractivity contribution in [3.8, 4) is 5.82 Å². The van der Waals surface area contributed by atoms with Crippen molar-refractivity contribution in [2.75, 3.05) is 31.1 Å². The molecule has 0 aliphatic carbocycles. The van der Waals surface area contributed by atoms with Crippen LogP contribution in [0.5, 0.6) is 0 Å². The van der Waals surface area contributed by atoms with Gasteiger partial charge in [0.1, 0.15) is 17.5 Å². The van der Waals surface area contributed by atoms with E-state index in [1.165, 1.54) is 35.0 Å². The molecule has 0 spiro atoms. The molecule has 1 atom stereocenters. The topological polar surface area (TPSA) is 105 Å². The second kappa shape index (κ2) is 9.09. The number of rotatable bonds is 3. The normalized spacial score (nSPS) is 17.8. The highest BCUT2D eigenvalue weighted by molar-refractivity contribution is 5.78. The standard InChI is InChI=1S/C22H22F3N9O2/c1-13-29-34(21(35)30(13)2)19-17(25)12-26-20(28-19)31-5-7-32(8-6-31)22(36)33-18(3-4-27-33)14-9-15(23)11-16(24)10-14/h4,9-12,18H,3,5-8H2,1-2H3. The van der Waals surface area contributed by atoms with Gasteiger partial charge in [0.15, 0.2) is 11.6 Å². The number of urea groups is 1. The van der Waals surface area contributed by atoms with Crippen LogP contribution in [-0.4, -0.2) is 72.6 Å². The van der Waals surface area contributed by atoms with E-state index in [9.17, 15) is 22.8 Å². The summed E-state index contributed by atoms with van der Waals surface area (Å²) < 4.78 is 44.0. The van der Waals surface area contributed by atoms with Gasteiger partial charge >= 0.3 is 11.7 Å². The SMILES string of the molecule is Cc1nn(-c2nc(N3CCN(C(=O)N4N=CCC4c4cc(F)cc(F)c4)CC3)ncc2F)c(=O)n1C. The summed E-state index contributed by atoms with van der Waals surface area (Å²) in [5, 5.41) is 9.41. The van der Waals surface area contributed by atoms with Crippen LogP contribution in [0.1, 0.15) is 23.9 Å². The number of carbonyl (C=O) groups excluding carboxylic acids is 1. The zero-order valence-electron chi connectivity index (χ0n) is 19.5. The number of hydrazone groups is 1. The lowest BCUT2D eigenvalue weighted by atomic mass is 10.0. The lowest BCUT2D eigenvalue weighted by Gasteiger charge is -2.37. The number of aromatic nitrogens is 5. The summed E-state index contributed by atoms with van der Waals surface area (Å²) in [4.78, 5) is 37.1. The maximum Gasteiger partial charge on any atom is 0.352 e. The fraction of sp³-hybridized carbons (Fsp3) is 0.364. The maximum absolute atomic E-state index is 14.4. The molecule has 1 saturated heterocycles. The van der Waals surface area contributed by atoms with Crippen molar-refractivity contribution in [3.05, 3.63) is 63.7 Å². The first-order valence-corrected chi connectivity index (χ1v) is 11.2. The molecule has 3 aromatic rings. The van der Waals surface area contributed by atoms with Crippen molar-refractivity contribution in [1.29, 1.82) is 0 Å². The van der Waals surface area contributed by atoms with Crippen LogP contribution in [0, 0.1) is 24.4 Å². The Balaban J connectivity index is 1.29. The molecule has 11 nitrogen and oxygen atoms in total. The molecule has 1 unspecified atom stereocenters. The molecule has 2 aromatic heterocycles. The molecule has 0 saturated carbocycles. The Kier molecular flexibility index (Phi) is 5.94. The Labute approximate surface area is 203 Å². The number of hydrogen-bond acceptors (Lipinski definition) is 7. The number of piperazine rings is 1. The van der Waals surface area contributed by atoms with Crippen LogP contribution < -0.4 is 10.6 Å². The van der Waals surface area contributed by atoms with Crippen molar-refractivity contribution in [2.24, 2.45) is 12.1 Å². The van der Waals surface area contributed by atoms with Crippen molar-refractivity contribution >= 4 is 18.2 Å². The minimum Gasteiger partial charge on any atom is -0.337 e. The highest BCUT2D eigenvalue weighted by Gasteiger charge is 2.34. The number of anilines is 1. The monoisotopic (exact) mass is 501 g/mol. The number of aryl methyl sites for hydroxylation is 1. The highest BCUT2D eigenvalue weighted by atomic mass is 19.1. The Morgan fingerprint density at radius 3 is 2.39 bits per heavy atom. The van der Waals surface area contributed by atoms with E-state index in [1.54, 1.807) is 16.7 Å². The highest BCUT2D eigenvalue weighted by Crippen LogP contribution is 2.30. The number of carbonyl (C=O) groups is 1. The van der Waals surface area contributed by atoms with Crippen molar-refractivity contribution in [2.45, 2.75) is 19.4 Å². The fourth-order valence-corrected chi connectivity index (χ4v) is 4.21. The molecule has 0 radical (unpaired) electrons. The summed E-state index contributed by atoms with van der Waals surface area (Å²) in [6, 6.07) is 2.16. The predicted molar refractivity (Wildman–Crippen MR) is 122 cm³/mol. The zero-order chi connectivity index (χ0) is 25.6. The lowest BCUT2D eigenvalue weighted by Crippen LogP contribution is -2.52. The summed E-state index contributed by atoms with van der Waals surface area (Å²) in [5.74, 6) is -1.90. The van der Waals surface area contributed by atoms with Crippen LogP contribution in [0.4, 0.5) is 23.9 Å². The van der Waals surface area contributed by atoms with Crippen LogP contribution in [0.25, 0.3) is 5.82 Å². The number of hydrogen-bond donors (Lipinski definition) is 0. The van der Waals surface area contributed by atoms with E-state index in [0.717, 1.165) is 16.9 Å². The van der Waals surface area contributed by atoms with Gasteiger partial charge in [-0.25, -0.2) is 32.8 Å². The van der Waals surface area contributed by atoms with Crippen molar-refractivity contribution < 1.29 is 18.0 Å². The Bertz CT molecular complexity index is 1390. The first-order valence-electron chi connectivity index (χ1n) is 11.2. The van der Waals surface area contributed by atoms with E-state index >= 15 is 0 Å². The van der Waals surface area contributed by atoms with E-state index < -0.39 is 35.2 Å². The van der Waals surface area contributed by atoms with E-state index in [4.69, 9.17) is 0 Å². The molecule has 2 aliphatic heterocycles. The van der Waals surface area contributed by atoms with Gasteiger partial charge < -0.3 is 9.80 Å². The molecule has 188 valence electrons. The van der Waals surface area contributed by atoms with Gasteiger partial charge in [0.25, 0.3) is 0 Å². The Morgan fingerprint density at radius 1 is 1.06 bits per heavy atom. The van der Waals surface area contributed by atoms with Crippen LogP contribution in [0.15, 0.2) is 34.3 Å². The number of amides is 2. The zero-order valence-corrected chi connectivity index (χ0v) is 19.5. The van der Waals surface area contributed by atoms with Crippen molar-refractivity contribution in [3.63, 3.8) is 0 Å². The molecule has 2 aliphatic rings. The van der Waals surface area contributed by atoms with Crippen LogP contribution in [-0.2, 0) is 7.05 Å². The number of nitrogens with zero attached hydrogens (tertiary/aromatic N) is 9. The number of halogens is 3. The van der Waals surface area contributed by atoms with Crippen molar-refractivity contribution in [1.82, 2.24) is 34.2 Å². The molecular formula is C22H22F3N9O2. The minimum atomic E-state index is -0.792. The predicted octanol–water partition coefficient (Wildman–Crippen LogP) is 1.76. The third-order valence-corrected chi connectivity index (χ3v) is 6.24. The summed E-state index contributed by atoms with van der Waals surface area (Å²) >= 11 is 0. The van der Waals surface area contributed by atoms with E-state index in [-0.39, 0.29) is 24.9 Å². The maximum atomic E-state index is 14.4.